The number of nitrogens with zero attached hydrogens (tertiary/aromatic N) is 3. The van der Waals surface area contributed by atoms with Gasteiger partial charge in [-0.25, -0.2) is 4.98 Å². The Morgan fingerprint density at radius 1 is 0.432 bits per heavy atom. The summed E-state index contributed by atoms with van der Waals surface area (Å²) in [7, 11) is 0. The molecule has 0 fully saturated rings. The van der Waals surface area contributed by atoms with Gasteiger partial charge in [-0.3, -0.25) is 9.55 Å². The second-order valence-electron chi connectivity index (χ2n) is 11.3. The fourth-order valence-corrected chi connectivity index (χ4v) is 7.20. The minimum absolute atomic E-state index is 0.781. The number of benzene rings is 6. The SMILES string of the molecule is c1ccc2c(c1)-c1ccccc1-c1ncc(-n3c4ccccc4c4c5c(ccc43)oc3ccccc35)nc1-c1ccccc1-2. The smallest absolute Gasteiger partial charge is 0.156 e. The van der Waals surface area contributed by atoms with Crippen LogP contribution in [0.2, 0.25) is 0 Å². The lowest BCUT2D eigenvalue weighted by molar-refractivity contribution is 0.669. The molecule has 0 aliphatic heterocycles. The van der Waals surface area contributed by atoms with Gasteiger partial charge < -0.3 is 4.42 Å². The molecule has 0 amide bonds. The minimum Gasteiger partial charge on any atom is -0.456 e. The number of furan rings is 1. The molecule has 3 heterocycles. The van der Waals surface area contributed by atoms with E-state index >= 15 is 0 Å². The van der Waals surface area contributed by atoms with Crippen molar-refractivity contribution in [3.8, 4) is 50.6 Å². The highest BCUT2D eigenvalue weighted by molar-refractivity contribution is 6.27. The predicted molar refractivity (Wildman–Crippen MR) is 179 cm³/mol. The highest BCUT2D eigenvalue weighted by atomic mass is 16.3. The molecule has 0 N–H and O–H groups in total. The number of hydrogen-bond acceptors (Lipinski definition) is 3. The van der Waals surface area contributed by atoms with Crippen molar-refractivity contribution >= 4 is 43.7 Å². The molecule has 3 aromatic heterocycles. The molecule has 0 radical (unpaired) electrons. The molecule has 4 heteroatoms. The molecule has 4 nitrogen and oxygen atoms in total. The first-order valence-corrected chi connectivity index (χ1v) is 14.8. The van der Waals surface area contributed by atoms with Crippen LogP contribution in [0.4, 0.5) is 0 Å². The van der Waals surface area contributed by atoms with E-state index < -0.39 is 0 Å². The summed E-state index contributed by atoms with van der Waals surface area (Å²) < 4.78 is 8.54. The van der Waals surface area contributed by atoms with Crippen LogP contribution in [0.15, 0.2) is 144 Å². The Morgan fingerprint density at radius 3 is 1.73 bits per heavy atom. The van der Waals surface area contributed by atoms with E-state index in [-0.39, 0.29) is 0 Å². The Hall–Kier alpha value is -6.00. The van der Waals surface area contributed by atoms with E-state index in [1.165, 1.54) is 11.1 Å². The molecule has 10 rings (SSSR count). The maximum absolute atomic E-state index is 6.29. The molecule has 9 aromatic rings. The maximum atomic E-state index is 6.29. The van der Waals surface area contributed by atoms with Gasteiger partial charge >= 0.3 is 0 Å². The van der Waals surface area contributed by atoms with Crippen LogP contribution in [0.5, 0.6) is 0 Å². The van der Waals surface area contributed by atoms with Gasteiger partial charge in [0.05, 0.1) is 28.6 Å². The molecular weight excluding hydrogens is 538 g/mol. The molecule has 204 valence electrons. The first kappa shape index (κ1) is 23.6. The van der Waals surface area contributed by atoms with Crippen LogP contribution >= 0.6 is 0 Å². The van der Waals surface area contributed by atoms with E-state index in [9.17, 15) is 0 Å². The van der Waals surface area contributed by atoms with Gasteiger partial charge in [0.15, 0.2) is 5.82 Å². The summed E-state index contributed by atoms with van der Waals surface area (Å²) in [4.78, 5) is 10.7. The molecular formula is C40H23N3O. The summed E-state index contributed by atoms with van der Waals surface area (Å²) in [5.41, 5.74) is 12.6. The largest absolute Gasteiger partial charge is 0.456 e. The molecule has 0 saturated heterocycles. The third-order valence-corrected chi connectivity index (χ3v) is 9.04. The number of aromatic nitrogens is 3. The lowest BCUT2D eigenvalue weighted by Crippen LogP contribution is -2.05. The maximum Gasteiger partial charge on any atom is 0.156 e. The second-order valence-corrected chi connectivity index (χ2v) is 11.3. The van der Waals surface area contributed by atoms with E-state index in [4.69, 9.17) is 14.4 Å². The molecule has 0 atom stereocenters. The Bertz CT molecular complexity index is 2620. The van der Waals surface area contributed by atoms with Crippen LogP contribution in [0.25, 0.3) is 94.3 Å². The number of hydrogen-bond donors (Lipinski definition) is 0. The van der Waals surface area contributed by atoms with E-state index in [0.29, 0.717) is 0 Å². The van der Waals surface area contributed by atoms with Gasteiger partial charge in [0.1, 0.15) is 11.2 Å². The van der Waals surface area contributed by atoms with Crippen LogP contribution in [-0.4, -0.2) is 14.5 Å². The van der Waals surface area contributed by atoms with Crippen LogP contribution in [0.3, 0.4) is 0 Å². The summed E-state index contributed by atoms with van der Waals surface area (Å²) in [6.07, 6.45) is 1.93. The summed E-state index contributed by atoms with van der Waals surface area (Å²) >= 11 is 0. The quantitative estimate of drug-likeness (QED) is 0.200. The van der Waals surface area contributed by atoms with Crippen molar-refractivity contribution in [3.63, 3.8) is 0 Å². The lowest BCUT2D eigenvalue weighted by atomic mass is 9.84. The van der Waals surface area contributed by atoms with E-state index in [1.807, 2.05) is 18.3 Å². The van der Waals surface area contributed by atoms with Gasteiger partial charge in [0.2, 0.25) is 0 Å². The topological polar surface area (TPSA) is 43.9 Å². The van der Waals surface area contributed by atoms with Crippen molar-refractivity contribution in [1.82, 2.24) is 14.5 Å². The molecule has 6 aromatic carbocycles. The van der Waals surface area contributed by atoms with Gasteiger partial charge in [-0.1, -0.05) is 109 Å². The van der Waals surface area contributed by atoms with Gasteiger partial charge in [-0.2, -0.15) is 0 Å². The third kappa shape index (κ3) is 3.11. The summed E-state index contributed by atoms with van der Waals surface area (Å²) in [5.74, 6) is 0.781. The Labute approximate surface area is 252 Å². The normalized spacial score (nSPS) is 12.1. The summed E-state index contributed by atoms with van der Waals surface area (Å²) in [6, 6.07) is 46.8. The molecule has 1 aliphatic rings. The predicted octanol–water partition coefficient (Wildman–Crippen LogP) is 10.5. The minimum atomic E-state index is 0.781. The van der Waals surface area contributed by atoms with E-state index in [0.717, 1.165) is 83.2 Å². The zero-order valence-corrected chi connectivity index (χ0v) is 23.5. The zero-order chi connectivity index (χ0) is 28.8. The Morgan fingerprint density at radius 2 is 1.00 bits per heavy atom. The molecule has 1 aliphatic carbocycles. The first-order chi connectivity index (χ1) is 21.8. The number of para-hydroxylation sites is 2. The summed E-state index contributed by atoms with van der Waals surface area (Å²) in [6.45, 7) is 0. The van der Waals surface area contributed by atoms with Crippen LogP contribution in [-0.2, 0) is 0 Å². The zero-order valence-electron chi connectivity index (χ0n) is 23.5. The van der Waals surface area contributed by atoms with Gasteiger partial charge in [0.25, 0.3) is 0 Å². The van der Waals surface area contributed by atoms with Crippen LogP contribution in [0, 0.1) is 0 Å². The van der Waals surface area contributed by atoms with Crippen molar-refractivity contribution in [2.45, 2.75) is 0 Å². The van der Waals surface area contributed by atoms with Crippen molar-refractivity contribution < 1.29 is 4.42 Å². The Kier molecular flexibility index (Phi) is 4.69. The number of fused-ring (bicyclic) bond motifs is 15. The number of rotatable bonds is 1. The van der Waals surface area contributed by atoms with E-state index in [2.05, 4.69) is 126 Å². The molecule has 0 spiro atoms. The highest BCUT2D eigenvalue weighted by Gasteiger charge is 2.25. The lowest BCUT2D eigenvalue weighted by Gasteiger charge is -2.22. The third-order valence-electron chi connectivity index (χ3n) is 9.04. The standard InChI is InChI=1S/C40H23N3O/c1-2-12-25-24(11-1)26-13-3-5-15-28(26)39-40(29-16-6-4-14-27(25)29)42-36(23-41-39)43-32-19-9-7-17-30(32)37-33(43)21-22-35-38(37)31-18-8-10-20-34(31)44-35/h1-23H. The van der Waals surface area contributed by atoms with Gasteiger partial charge in [0, 0.05) is 32.7 Å². The summed E-state index contributed by atoms with van der Waals surface area (Å²) in [5, 5.41) is 4.57. The van der Waals surface area contributed by atoms with Crippen LogP contribution < -0.4 is 0 Å². The molecule has 0 unspecified atom stereocenters. The highest BCUT2D eigenvalue weighted by Crippen LogP contribution is 2.47. The molecule has 0 saturated carbocycles. The van der Waals surface area contributed by atoms with Gasteiger partial charge in [-0.15, -0.1) is 0 Å². The molecule has 0 bridgehead atoms. The van der Waals surface area contributed by atoms with Crippen LogP contribution in [0.1, 0.15) is 0 Å². The van der Waals surface area contributed by atoms with Crippen molar-refractivity contribution in [3.05, 3.63) is 140 Å². The van der Waals surface area contributed by atoms with Crippen molar-refractivity contribution in [1.29, 1.82) is 0 Å². The monoisotopic (exact) mass is 561 g/mol. The average molecular weight is 562 g/mol. The van der Waals surface area contributed by atoms with Crippen molar-refractivity contribution in [2.24, 2.45) is 0 Å². The molecule has 44 heavy (non-hydrogen) atoms. The fraction of sp³-hybridized carbons (Fsp3) is 0. The van der Waals surface area contributed by atoms with Gasteiger partial charge in [-0.05, 0) is 46.5 Å². The second kappa shape index (κ2) is 8.76. The van der Waals surface area contributed by atoms with Crippen molar-refractivity contribution in [2.75, 3.05) is 0 Å². The fourth-order valence-electron chi connectivity index (χ4n) is 7.20. The first-order valence-electron chi connectivity index (χ1n) is 14.8. The van der Waals surface area contributed by atoms with E-state index in [1.54, 1.807) is 0 Å². The Balaban J connectivity index is 1.32. The average Bonchev–Trinajstić information content (AvgIpc) is 3.63.